The maximum atomic E-state index is 13.1. The van der Waals surface area contributed by atoms with E-state index in [1.165, 1.54) is 10.5 Å². The number of rotatable bonds is 7. The number of carbonyl (C=O) groups excluding carboxylic acids is 1. The predicted octanol–water partition coefficient (Wildman–Crippen LogP) is 2.04. The van der Waals surface area contributed by atoms with Crippen molar-refractivity contribution >= 4 is 27.4 Å². The number of amides is 1. The first-order valence-corrected chi connectivity index (χ1v) is 12.7. The second kappa shape index (κ2) is 9.87. The Morgan fingerprint density at radius 2 is 1.66 bits per heavy atom. The van der Waals surface area contributed by atoms with Crippen molar-refractivity contribution in [3.05, 3.63) is 48.7 Å². The fourth-order valence-electron chi connectivity index (χ4n) is 4.32. The van der Waals surface area contributed by atoms with Gasteiger partial charge in [0.05, 0.1) is 12.2 Å². The molecule has 2 saturated heterocycles. The molecular formula is C23H31N5O3S. The fraction of sp³-hybridized carbons (Fsp3) is 0.478. The summed E-state index contributed by atoms with van der Waals surface area (Å²) in [7, 11) is -3.68. The minimum absolute atomic E-state index is 0.182. The zero-order valence-electron chi connectivity index (χ0n) is 18.6. The molecule has 0 atom stereocenters. The van der Waals surface area contributed by atoms with Crippen LogP contribution in [0.15, 0.2) is 53.6 Å². The van der Waals surface area contributed by atoms with E-state index in [0.717, 1.165) is 57.9 Å². The molecule has 1 aromatic heterocycles. The van der Waals surface area contributed by atoms with E-state index in [4.69, 9.17) is 0 Å². The van der Waals surface area contributed by atoms with Gasteiger partial charge in [-0.05, 0) is 44.0 Å². The Labute approximate surface area is 190 Å². The topological polar surface area (TPSA) is 77.1 Å². The Hall–Kier alpha value is -2.65. The van der Waals surface area contributed by atoms with Crippen LogP contribution >= 0.6 is 0 Å². The lowest BCUT2D eigenvalue weighted by atomic mass is 10.3. The van der Waals surface area contributed by atoms with Gasteiger partial charge >= 0.3 is 0 Å². The maximum Gasteiger partial charge on any atom is 0.265 e. The number of hydrogen-bond donors (Lipinski definition) is 0. The summed E-state index contributed by atoms with van der Waals surface area (Å²) in [5.41, 5.74) is 0.638. The van der Waals surface area contributed by atoms with Gasteiger partial charge < -0.3 is 9.80 Å². The van der Waals surface area contributed by atoms with E-state index >= 15 is 0 Å². The predicted molar refractivity (Wildman–Crippen MR) is 125 cm³/mol. The van der Waals surface area contributed by atoms with Crippen molar-refractivity contribution in [2.24, 2.45) is 0 Å². The van der Waals surface area contributed by atoms with E-state index in [9.17, 15) is 13.2 Å². The average molecular weight is 458 g/mol. The van der Waals surface area contributed by atoms with Crippen molar-refractivity contribution in [3.8, 4) is 0 Å². The van der Waals surface area contributed by atoms with E-state index < -0.39 is 10.0 Å². The zero-order valence-corrected chi connectivity index (χ0v) is 19.4. The lowest BCUT2D eigenvalue weighted by Crippen LogP contribution is -2.50. The lowest BCUT2D eigenvalue weighted by Gasteiger charge is -2.35. The van der Waals surface area contributed by atoms with Gasteiger partial charge in [-0.25, -0.2) is 13.4 Å². The van der Waals surface area contributed by atoms with Crippen LogP contribution < -0.4 is 9.21 Å². The third-order valence-electron chi connectivity index (χ3n) is 6.15. The number of sulfonamides is 1. The Morgan fingerprint density at radius 1 is 0.969 bits per heavy atom. The van der Waals surface area contributed by atoms with Gasteiger partial charge in [0.15, 0.2) is 0 Å². The number of piperazine rings is 1. The van der Waals surface area contributed by atoms with Crippen molar-refractivity contribution in [1.29, 1.82) is 0 Å². The van der Waals surface area contributed by atoms with E-state index in [2.05, 4.69) is 14.8 Å². The SMILES string of the molecule is CCN(c1ccccc1)S(=O)(=O)c1ccc(N2CCN(CC(=O)N3CCCC3)CC2)nc1. The highest BCUT2D eigenvalue weighted by atomic mass is 32.2. The standard InChI is InChI=1S/C23H31N5O3S/c1-2-28(20-8-4-3-5-9-20)32(30,31)21-10-11-22(24-18-21)26-16-14-25(15-17-26)19-23(29)27-12-6-7-13-27/h3-5,8-11,18H,2,6-7,12-17,19H2,1H3. The summed E-state index contributed by atoms with van der Waals surface area (Å²) in [6.07, 6.45) is 3.66. The second-order valence-corrected chi connectivity index (χ2v) is 10.1. The van der Waals surface area contributed by atoms with E-state index in [1.807, 2.05) is 30.0 Å². The molecule has 0 unspecified atom stereocenters. The highest BCUT2D eigenvalue weighted by Gasteiger charge is 2.26. The van der Waals surface area contributed by atoms with Gasteiger partial charge in [-0.3, -0.25) is 14.0 Å². The van der Waals surface area contributed by atoms with Crippen LogP contribution in [-0.2, 0) is 14.8 Å². The third kappa shape index (κ3) is 4.88. The largest absolute Gasteiger partial charge is 0.354 e. The molecule has 172 valence electrons. The molecule has 2 aromatic rings. The first kappa shape index (κ1) is 22.5. The van der Waals surface area contributed by atoms with Crippen LogP contribution in [0, 0.1) is 0 Å². The number of para-hydroxylation sites is 1. The van der Waals surface area contributed by atoms with Crippen molar-refractivity contribution < 1.29 is 13.2 Å². The van der Waals surface area contributed by atoms with Crippen LogP contribution in [-0.4, -0.2) is 81.5 Å². The van der Waals surface area contributed by atoms with Gasteiger partial charge in [0.2, 0.25) is 5.91 Å². The molecule has 32 heavy (non-hydrogen) atoms. The molecule has 0 saturated carbocycles. The minimum atomic E-state index is -3.68. The van der Waals surface area contributed by atoms with Crippen LogP contribution in [0.1, 0.15) is 19.8 Å². The molecule has 1 aromatic carbocycles. The number of benzene rings is 1. The molecule has 0 spiro atoms. The third-order valence-corrected chi connectivity index (χ3v) is 8.04. The van der Waals surface area contributed by atoms with Crippen LogP contribution in [0.2, 0.25) is 0 Å². The fourth-order valence-corrected chi connectivity index (χ4v) is 5.74. The zero-order chi connectivity index (χ0) is 22.6. The quantitative estimate of drug-likeness (QED) is 0.633. The lowest BCUT2D eigenvalue weighted by molar-refractivity contribution is -0.131. The second-order valence-electron chi connectivity index (χ2n) is 8.21. The van der Waals surface area contributed by atoms with Crippen molar-refractivity contribution in [1.82, 2.24) is 14.8 Å². The molecule has 1 amide bonds. The summed E-state index contributed by atoms with van der Waals surface area (Å²) in [4.78, 5) is 23.3. The summed E-state index contributed by atoms with van der Waals surface area (Å²) in [6, 6.07) is 12.5. The molecule has 2 fully saturated rings. The number of hydrogen-bond acceptors (Lipinski definition) is 6. The number of pyridine rings is 1. The number of carbonyl (C=O) groups is 1. The van der Waals surface area contributed by atoms with Gasteiger partial charge in [0, 0.05) is 52.0 Å². The Bertz CT molecular complexity index is 1000. The Kier molecular flexibility index (Phi) is 6.95. The van der Waals surface area contributed by atoms with E-state index in [1.54, 1.807) is 24.3 Å². The molecule has 8 nitrogen and oxygen atoms in total. The number of nitrogens with zero attached hydrogens (tertiary/aromatic N) is 5. The highest BCUT2D eigenvalue weighted by Crippen LogP contribution is 2.24. The van der Waals surface area contributed by atoms with Crippen LogP contribution in [0.25, 0.3) is 0 Å². The molecule has 0 N–H and O–H groups in total. The molecule has 0 aliphatic carbocycles. The van der Waals surface area contributed by atoms with Gasteiger partial charge in [0.25, 0.3) is 10.0 Å². The smallest absolute Gasteiger partial charge is 0.265 e. The van der Waals surface area contributed by atoms with Crippen molar-refractivity contribution in [3.63, 3.8) is 0 Å². The number of likely N-dealkylation sites (tertiary alicyclic amines) is 1. The van der Waals surface area contributed by atoms with Crippen LogP contribution in [0.3, 0.4) is 0 Å². The van der Waals surface area contributed by atoms with Crippen molar-refractivity contribution in [2.75, 3.05) is 61.6 Å². The number of aromatic nitrogens is 1. The molecule has 2 aliphatic rings. The molecular weight excluding hydrogens is 426 g/mol. The first-order valence-electron chi connectivity index (χ1n) is 11.3. The minimum Gasteiger partial charge on any atom is -0.354 e. The summed E-state index contributed by atoms with van der Waals surface area (Å²) in [5, 5.41) is 0. The van der Waals surface area contributed by atoms with Crippen LogP contribution in [0.5, 0.6) is 0 Å². The Morgan fingerprint density at radius 3 is 2.25 bits per heavy atom. The summed E-state index contributed by atoms with van der Waals surface area (Å²) in [6.45, 7) is 7.51. The van der Waals surface area contributed by atoms with Gasteiger partial charge in [-0.1, -0.05) is 18.2 Å². The maximum absolute atomic E-state index is 13.1. The molecule has 0 radical (unpaired) electrons. The van der Waals surface area contributed by atoms with Crippen LogP contribution in [0.4, 0.5) is 11.5 Å². The monoisotopic (exact) mass is 457 g/mol. The molecule has 3 heterocycles. The summed E-state index contributed by atoms with van der Waals surface area (Å²) < 4.78 is 27.7. The molecule has 4 rings (SSSR count). The highest BCUT2D eigenvalue weighted by molar-refractivity contribution is 7.92. The normalized spacial score (nSPS) is 17.5. The van der Waals surface area contributed by atoms with Crippen molar-refractivity contribution in [2.45, 2.75) is 24.7 Å². The molecule has 9 heteroatoms. The van der Waals surface area contributed by atoms with E-state index in [0.29, 0.717) is 18.8 Å². The average Bonchev–Trinajstić information content (AvgIpc) is 3.36. The molecule has 0 bridgehead atoms. The van der Waals surface area contributed by atoms with E-state index in [-0.39, 0.29) is 10.8 Å². The number of anilines is 2. The van der Waals surface area contributed by atoms with Gasteiger partial charge in [-0.15, -0.1) is 0 Å². The summed E-state index contributed by atoms with van der Waals surface area (Å²) >= 11 is 0. The Balaban J connectivity index is 1.37. The van der Waals surface area contributed by atoms with Gasteiger partial charge in [0.1, 0.15) is 10.7 Å². The van der Waals surface area contributed by atoms with Gasteiger partial charge in [-0.2, -0.15) is 0 Å². The summed E-state index contributed by atoms with van der Waals surface area (Å²) in [5.74, 6) is 0.986. The molecule has 2 aliphatic heterocycles. The first-order chi connectivity index (χ1) is 15.5.